The third-order valence-corrected chi connectivity index (χ3v) is 7.08. The van der Waals surface area contributed by atoms with Gasteiger partial charge in [0.15, 0.2) is 9.84 Å². The summed E-state index contributed by atoms with van der Waals surface area (Å²) in [6.07, 6.45) is 1.79. The van der Waals surface area contributed by atoms with E-state index in [2.05, 4.69) is 20.5 Å². The number of sulfone groups is 1. The largest absolute Gasteiger partial charge is 0.337 e. The quantitative estimate of drug-likeness (QED) is 0.591. The number of hydrogen-bond donors (Lipinski definition) is 1. The molecule has 2 aliphatic rings. The first kappa shape index (κ1) is 20.4. The van der Waals surface area contributed by atoms with Crippen molar-refractivity contribution in [2.75, 3.05) is 11.9 Å². The van der Waals surface area contributed by atoms with Crippen molar-refractivity contribution in [3.63, 3.8) is 0 Å². The second-order valence-corrected chi connectivity index (χ2v) is 10.0. The average molecular weight is 456 g/mol. The summed E-state index contributed by atoms with van der Waals surface area (Å²) < 4.78 is 27.1. The van der Waals surface area contributed by atoms with Crippen LogP contribution < -0.4 is 10.2 Å². The lowest BCUT2D eigenvalue weighted by atomic mass is 10.2. The Balaban J connectivity index is 1.30. The van der Waals surface area contributed by atoms with Crippen LogP contribution in [-0.4, -0.2) is 57.9 Å². The van der Waals surface area contributed by atoms with Gasteiger partial charge in [0.2, 0.25) is 5.82 Å². The zero-order valence-corrected chi connectivity index (χ0v) is 18.1. The van der Waals surface area contributed by atoms with Crippen molar-refractivity contribution in [3.8, 4) is 0 Å². The van der Waals surface area contributed by atoms with E-state index >= 15 is 0 Å². The Labute approximate surface area is 184 Å². The van der Waals surface area contributed by atoms with Crippen molar-refractivity contribution in [3.05, 3.63) is 59.3 Å². The van der Waals surface area contributed by atoms with Crippen molar-refractivity contribution in [1.29, 1.82) is 0 Å². The second kappa shape index (κ2) is 7.55. The molecule has 5 rings (SSSR count). The SMILES string of the molecule is CN1C(=O)C(NC(=O)c2ncn(Cc3ccccc3)n2)CCn2nc3c(c21)CS(=O)(=O)C3. The fourth-order valence-corrected chi connectivity index (χ4v) is 5.61. The molecule has 0 spiro atoms. The molecule has 1 aromatic carbocycles. The van der Waals surface area contributed by atoms with E-state index in [1.165, 1.54) is 11.2 Å². The van der Waals surface area contributed by atoms with E-state index < -0.39 is 21.8 Å². The Hall–Kier alpha value is -3.54. The second-order valence-electron chi connectivity index (χ2n) is 7.97. The molecule has 1 N–H and O–H groups in total. The monoisotopic (exact) mass is 455 g/mol. The minimum Gasteiger partial charge on any atom is -0.337 e. The summed E-state index contributed by atoms with van der Waals surface area (Å²) >= 11 is 0. The molecule has 12 heteroatoms. The molecule has 0 radical (unpaired) electrons. The van der Waals surface area contributed by atoms with Gasteiger partial charge in [-0.3, -0.25) is 14.5 Å². The number of aryl methyl sites for hydroxylation is 1. The van der Waals surface area contributed by atoms with Gasteiger partial charge in [-0.15, -0.1) is 5.10 Å². The summed E-state index contributed by atoms with van der Waals surface area (Å²) in [5.41, 5.74) is 2.08. The maximum Gasteiger partial charge on any atom is 0.291 e. The first-order chi connectivity index (χ1) is 15.3. The number of amides is 2. The first-order valence-electron chi connectivity index (χ1n) is 10.1. The highest BCUT2D eigenvalue weighted by Gasteiger charge is 2.38. The van der Waals surface area contributed by atoms with Gasteiger partial charge in [-0.05, 0) is 12.0 Å². The van der Waals surface area contributed by atoms with Gasteiger partial charge in [-0.2, -0.15) is 5.10 Å². The number of rotatable bonds is 4. The molecule has 2 aromatic heterocycles. The fraction of sp³-hybridized carbons (Fsp3) is 0.350. The summed E-state index contributed by atoms with van der Waals surface area (Å²) in [7, 11) is -1.67. The molecular formula is C20H21N7O4S. The number of nitrogens with zero attached hydrogens (tertiary/aromatic N) is 6. The van der Waals surface area contributed by atoms with Crippen LogP contribution in [0.25, 0.3) is 0 Å². The van der Waals surface area contributed by atoms with Gasteiger partial charge in [-0.25, -0.2) is 22.8 Å². The van der Waals surface area contributed by atoms with Crippen LogP contribution in [0.4, 0.5) is 5.82 Å². The third-order valence-electron chi connectivity index (χ3n) is 5.63. The molecule has 166 valence electrons. The van der Waals surface area contributed by atoms with Gasteiger partial charge < -0.3 is 5.32 Å². The van der Waals surface area contributed by atoms with Gasteiger partial charge >= 0.3 is 0 Å². The number of benzene rings is 1. The van der Waals surface area contributed by atoms with Gasteiger partial charge in [0.1, 0.15) is 18.2 Å². The summed E-state index contributed by atoms with van der Waals surface area (Å²) in [5, 5.41) is 11.3. The molecule has 0 bridgehead atoms. The minimum absolute atomic E-state index is 0.0228. The smallest absolute Gasteiger partial charge is 0.291 e. The normalized spacial score (nSPS) is 19.3. The molecule has 2 amide bonds. The van der Waals surface area contributed by atoms with Crippen LogP contribution >= 0.6 is 0 Å². The Morgan fingerprint density at radius 3 is 2.75 bits per heavy atom. The molecule has 2 aliphatic heterocycles. The van der Waals surface area contributed by atoms with Gasteiger partial charge in [0, 0.05) is 19.2 Å². The van der Waals surface area contributed by atoms with Crippen LogP contribution in [0.2, 0.25) is 0 Å². The highest BCUT2D eigenvalue weighted by atomic mass is 32.2. The Kier molecular flexibility index (Phi) is 4.81. The highest BCUT2D eigenvalue weighted by Crippen LogP contribution is 2.34. The number of nitrogens with one attached hydrogen (secondary N) is 1. The summed E-state index contributed by atoms with van der Waals surface area (Å²) in [4.78, 5) is 31.2. The molecule has 0 saturated heterocycles. The molecule has 1 atom stereocenters. The van der Waals surface area contributed by atoms with Crippen LogP contribution in [0.1, 0.15) is 33.9 Å². The standard InChI is InChI=1S/C20H21N7O4S/c1-25-19-14-10-32(30,31)11-16(14)23-27(19)8-7-15(20(25)29)22-18(28)17-21-12-26(24-17)9-13-5-3-2-4-6-13/h2-6,12,15H,7-11H2,1H3,(H,22,28). The number of likely N-dealkylation sites (N-methyl/N-ethyl adjacent to an activating group) is 1. The molecule has 11 nitrogen and oxygen atoms in total. The molecule has 32 heavy (non-hydrogen) atoms. The highest BCUT2D eigenvalue weighted by molar-refractivity contribution is 7.90. The molecular weight excluding hydrogens is 434 g/mol. The van der Waals surface area contributed by atoms with Crippen molar-refractivity contribution in [2.24, 2.45) is 0 Å². The predicted molar refractivity (Wildman–Crippen MR) is 113 cm³/mol. The van der Waals surface area contributed by atoms with E-state index in [9.17, 15) is 18.0 Å². The van der Waals surface area contributed by atoms with Gasteiger partial charge in [0.25, 0.3) is 11.8 Å². The zero-order valence-electron chi connectivity index (χ0n) is 17.3. The topological polar surface area (TPSA) is 132 Å². The number of anilines is 1. The van der Waals surface area contributed by atoms with Crippen LogP contribution in [-0.2, 0) is 39.2 Å². The number of fused-ring (bicyclic) bond motifs is 3. The molecule has 3 aromatic rings. The number of aromatic nitrogens is 5. The summed E-state index contributed by atoms with van der Waals surface area (Å²) in [5.74, 6) is -0.668. The van der Waals surface area contributed by atoms with Crippen LogP contribution in [0.3, 0.4) is 0 Å². The molecule has 0 fully saturated rings. The van der Waals surface area contributed by atoms with Crippen molar-refractivity contribution in [1.82, 2.24) is 29.9 Å². The van der Waals surface area contributed by atoms with Crippen molar-refractivity contribution < 1.29 is 18.0 Å². The van der Waals surface area contributed by atoms with Crippen molar-refractivity contribution >= 4 is 27.5 Å². The Bertz CT molecular complexity index is 1310. The number of carbonyl (C=O) groups is 2. The van der Waals surface area contributed by atoms with Gasteiger partial charge in [0.05, 0.1) is 23.7 Å². The average Bonchev–Trinajstić information content (AvgIpc) is 3.40. The third kappa shape index (κ3) is 3.66. The molecule has 0 saturated carbocycles. The van der Waals surface area contributed by atoms with E-state index in [4.69, 9.17) is 0 Å². The summed E-state index contributed by atoms with van der Waals surface area (Å²) in [6, 6.07) is 8.86. The lowest BCUT2D eigenvalue weighted by Gasteiger charge is -2.21. The predicted octanol–water partition coefficient (Wildman–Crippen LogP) is 0.116. The summed E-state index contributed by atoms with van der Waals surface area (Å²) in [6.45, 7) is 0.848. The van der Waals surface area contributed by atoms with E-state index in [0.29, 0.717) is 36.6 Å². The minimum atomic E-state index is -3.24. The molecule has 4 heterocycles. The van der Waals surface area contributed by atoms with Crippen molar-refractivity contribution in [2.45, 2.75) is 37.1 Å². The van der Waals surface area contributed by atoms with E-state index in [0.717, 1.165) is 5.56 Å². The molecule has 0 aliphatic carbocycles. The van der Waals surface area contributed by atoms with Crippen LogP contribution in [0.15, 0.2) is 36.7 Å². The Morgan fingerprint density at radius 1 is 1.19 bits per heavy atom. The number of carbonyl (C=O) groups excluding carboxylic acids is 2. The maximum absolute atomic E-state index is 13.1. The first-order valence-corrected chi connectivity index (χ1v) is 11.9. The lowest BCUT2D eigenvalue weighted by molar-refractivity contribution is -0.120. The van der Waals surface area contributed by atoms with E-state index in [1.54, 1.807) is 16.4 Å². The van der Waals surface area contributed by atoms with Gasteiger partial charge in [-0.1, -0.05) is 30.3 Å². The Morgan fingerprint density at radius 2 is 1.97 bits per heavy atom. The lowest BCUT2D eigenvalue weighted by Crippen LogP contribution is -2.47. The zero-order chi connectivity index (χ0) is 22.5. The maximum atomic E-state index is 13.1. The van der Waals surface area contributed by atoms with E-state index in [1.807, 2.05) is 30.3 Å². The fourth-order valence-electron chi connectivity index (χ4n) is 4.13. The molecule has 1 unspecified atom stereocenters. The van der Waals surface area contributed by atoms with Crippen LogP contribution in [0, 0.1) is 0 Å². The van der Waals surface area contributed by atoms with Crippen LogP contribution in [0.5, 0.6) is 0 Å². The number of hydrogen-bond acceptors (Lipinski definition) is 7. The van der Waals surface area contributed by atoms with E-state index in [-0.39, 0.29) is 23.2 Å².